The van der Waals surface area contributed by atoms with E-state index in [1.165, 1.54) is 49.9 Å². The number of carbonyl (C=O) groups excluding carboxylic acids is 1. The molecule has 1 saturated carbocycles. The van der Waals surface area contributed by atoms with E-state index in [2.05, 4.69) is 38.4 Å². The van der Waals surface area contributed by atoms with E-state index in [1.807, 2.05) is 24.3 Å². The minimum absolute atomic E-state index is 0.107. The zero-order chi connectivity index (χ0) is 18.4. The summed E-state index contributed by atoms with van der Waals surface area (Å²) in [5.74, 6) is 1.05. The average molecular weight is 436 g/mol. The fraction of sp³-hybridized carbons (Fsp3) is 0.550. The first kappa shape index (κ1) is 19.5. The molecule has 1 aliphatic carbocycles. The van der Waals surface area contributed by atoms with E-state index in [-0.39, 0.29) is 11.8 Å². The van der Waals surface area contributed by atoms with Gasteiger partial charge in [-0.2, -0.15) is 0 Å². The van der Waals surface area contributed by atoms with Crippen molar-refractivity contribution in [2.45, 2.75) is 58.3 Å². The van der Waals surface area contributed by atoms with Gasteiger partial charge in [0.05, 0.1) is 0 Å². The summed E-state index contributed by atoms with van der Waals surface area (Å²) < 4.78 is 1.03. The van der Waals surface area contributed by atoms with Crippen LogP contribution in [0.3, 0.4) is 0 Å². The Hall–Kier alpha value is -1.27. The molecule has 0 radical (unpaired) electrons. The number of carbonyl (C=O) groups is 1. The van der Waals surface area contributed by atoms with Crippen LogP contribution in [0.2, 0.25) is 0 Å². The van der Waals surface area contributed by atoms with Gasteiger partial charge in [-0.05, 0) is 43.7 Å². The summed E-state index contributed by atoms with van der Waals surface area (Å²) in [6.07, 6.45) is 9.64. The third kappa shape index (κ3) is 5.36. The molecule has 26 heavy (non-hydrogen) atoms. The highest BCUT2D eigenvalue weighted by Crippen LogP contribution is 2.33. The summed E-state index contributed by atoms with van der Waals surface area (Å²) in [5.41, 5.74) is 1.01. The van der Waals surface area contributed by atoms with E-state index >= 15 is 0 Å². The first-order valence-electron chi connectivity index (χ1n) is 9.56. The van der Waals surface area contributed by atoms with Crippen molar-refractivity contribution >= 4 is 38.3 Å². The number of hydrogen-bond donors (Lipinski definition) is 1. The summed E-state index contributed by atoms with van der Waals surface area (Å²) in [6, 6.07) is 7.95. The number of hydrogen-bond acceptors (Lipinski definition) is 4. The smallest absolute Gasteiger partial charge is 0.229 e. The van der Waals surface area contributed by atoms with Gasteiger partial charge in [-0.15, -0.1) is 10.2 Å². The molecule has 0 spiro atoms. The molecule has 1 heterocycles. The van der Waals surface area contributed by atoms with Gasteiger partial charge >= 0.3 is 0 Å². The fourth-order valence-electron chi connectivity index (χ4n) is 3.59. The number of amides is 1. The third-order valence-corrected chi connectivity index (χ3v) is 6.60. The number of benzene rings is 1. The fourth-order valence-corrected chi connectivity index (χ4v) is 4.60. The molecule has 2 aromatic rings. The Morgan fingerprint density at radius 2 is 1.88 bits per heavy atom. The molecular weight excluding hydrogens is 410 g/mol. The molecule has 1 aromatic heterocycles. The van der Waals surface area contributed by atoms with Crippen LogP contribution < -0.4 is 5.32 Å². The number of rotatable bonds is 7. The molecule has 0 unspecified atom stereocenters. The van der Waals surface area contributed by atoms with Crippen LogP contribution in [-0.4, -0.2) is 16.1 Å². The van der Waals surface area contributed by atoms with Crippen LogP contribution in [0.15, 0.2) is 28.7 Å². The highest BCUT2D eigenvalue weighted by molar-refractivity contribution is 9.10. The Bertz CT molecular complexity index is 708. The van der Waals surface area contributed by atoms with Crippen molar-refractivity contribution < 1.29 is 4.79 Å². The van der Waals surface area contributed by atoms with Crippen LogP contribution in [-0.2, 0) is 4.79 Å². The topological polar surface area (TPSA) is 54.9 Å². The van der Waals surface area contributed by atoms with Crippen molar-refractivity contribution in [3.63, 3.8) is 0 Å². The monoisotopic (exact) mass is 435 g/mol. The predicted molar refractivity (Wildman–Crippen MR) is 111 cm³/mol. The Morgan fingerprint density at radius 1 is 1.15 bits per heavy atom. The molecule has 0 atom stereocenters. The molecule has 6 heteroatoms. The van der Waals surface area contributed by atoms with Gasteiger partial charge in [-0.1, -0.05) is 72.0 Å². The first-order valence-corrected chi connectivity index (χ1v) is 11.2. The van der Waals surface area contributed by atoms with Gasteiger partial charge in [0.1, 0.15) is 5.01 Å². The van der Waals surface area contributed by atoms with Crippen LogP contribution in [0.4, 0.5) is 5.13 Å². The molecule has 1 aromatic carbocycles. The normalized spacial score (nSPS) is 20.1. The van der Waals surface area contributed by atoms with Gasteiger partial charge in [0.2, 0.25) is 11.0 Å². The van der Waals surface area contributed by atoms with Gasteiger partial charge in [-0.25, -0.2) is 0 Å². The second-order valence-corrected chi connectivity index (χ2v) is 9.02. The van der Waals surface area contributed by atoms with E-state index < -0.39 is 0 Å². The lowest BCUT2D eigenvalue weighted by Crippen LogP contribution is -2.27. The summed E-state index contributed by atoms with van der Waals surface area (Å²) in [7, 11) is 0. The first-order chi connectivity index (χ1) is 12.7. The van der Waals surface area contributed by atoms with Gasteiger partial charge in [0.25, 0.3) is 0 Å². The molecule has 1 amide bonds. The summed E-state index contributed by atoms with van der Waals surface area (Å²) >= 11 is 4.86. The second-order valence-electron chi connectivity index (χ2n) is 7.12. The Labute approximate surface area is 167 Å². The molecule has 140 valence electrons. The Morgan fingerprint density at radius 3 is 2.58 bits per heavy atom. The summed E-state index contributed by atoms with van der Waals surface area (Å²) in [4.78, 5) is 12.5. The van der Waals surface area contributed by atoms with Crippen molar-refractivity contribution in [2.75, 3.05) is 5.32 Å². The van der Waals surface area contributed by atoms with Gasteiger partial charge in [0, 0.05) is 16.0 Å². The van der Waals surface area contributed by atoms with Crippen molar-refractivity contribution in [1.82, 2.24) is 10.2 Å². The lowest BCUT2D eigenvalue weighted by atomic mass is 9.79. The maximum atomic E-state index is 12.5. The number of nitrogens with zero attached hydrogens (tertiary/aromatic N) is 2. The quantitative estimate of drug-likeness (QED) is 0.519. The van der Waals surface area contributed by atoms with Crippen LogP contribution in [0.25, 0.3) is 10.6 Å². The zero-order valence-corrected chi connectivity index (χ0v) is 17.6. The van der Waals surface area contributed by atoms with Crippen molar-refractivity contribution in [3.05, 3.63) is 28.7 Å². The lowest BCUT2D eigenvalue weighted by molar-refractivity contribution is -0.121. The van der Waals surface area contributed by atoms with E-state index in [9.17, 15) is 4.79 Å². The maximum absolute atomic E-state index is 12.5. The second kappa shape index (κ2) is 9.60. The van der Waals surface area contributed by atoms with E-state index in [0.717, 1.165) is 33.8 Å². The number of nitrogens with one attached hydrogen (secondary N) is 1. The van der Waals surface area contributed by atoms with E-state index in [4.69, 9.17) is 0 Å². The molecule has 0 aliphatic heterocycles. The molecule has 1 aliphatic rings. The van der Waals surface area contributed by atoms with Gasteiger partial charge in [-0.3, -0.25) is 4.79 Å². The Kier molecular flexibility index (Phi) is 7.20. The SMILES string of the molecule is CCCCCC1CCC(C(=O)Nc2nnc(-c3ccc(Br)cc3)s2)CC1. The maximum Gasteiger partial charge on any atom is 0.229 e. The molecule has 4 nitrogen and oxygen atoms in total. The average Bonchev–Trinajstić information content (AvgIpc) is 3.11. The number of anilines is 1. The van der Waals surface area contributed by atoms with Gasteiger partial charge < -0.3 is 5.32 Å². The van der Waals surface area contributed by atoms with Gasteiger partial charge in [0.15, 0.2) is 0 Å². The largest absolute Gasteiger partial charge is 0.300 e. The van der Waals surface area contributed by atoms with Crippen LogP contribution >= 0.6 is 27.3 Å². The molecular formula is C20H26BrN3OS. The lowest BCUT2D eigenvalue weighted by Gasteiger charge is -2.27. The highest BCUT2D eigenvalue weighted by Gasteiger charge is 2.26. The van der Waals surface area contributed by atoms with E-state index in [0.29, 0.717) is 5.13 Å². The highest BCUT2D eigenvalue weighted by atomic mass is 79.9. The molecule has 0 bridgehead atoms. The van der Waals surface area contributed by atoms with Crippen LogP contribution in [0.1, 0.15) is 58.3 Å². The van der Waals surface area contributed by atoms with Crippen molar-refractivity contribution in [1.29, 1.82) is 0 Å². The van der Waals surface area contributed by atoms with E-state index in [1.54, 1.807) is 0 Å². The van der Waals surface area contributed by atoms with Crippen LogP contribution in [0.5, 0.6) is 0 Å². The van der Waals surface area contributed by atoms with Crippen molar-refractivity contribution in [3.8, 4) is 10.6 Å². The molecule has 3 rings (SSSR count). The Balaban J connectivity index is 1.49. The number of aromatic nitrogens is 2. The molecule has 1 N–H and O–H groups in total. The van der Waals surface area contributed by atoms with Crippen LogP contribution in [0, 0.1) is 11.8 Å². The number of halogens is 1. The molecule has 0 saturated heterocycles. The summed E-state index contributed by atoms with van der Waals surface area (Å²) in [5, 5.41) is 12.7. The standard InChI is InChI=1S/C20H26BrN3OS/c1-2-3-4-5-14-6-8-15(9-7-14)18(25)22-20-24-23-19(26-20)16-10-12-17(21)13-11-16/h10-15H,2-9H2,1H3,(H,22,24,25). The summed E-state index contributed by atoms with van der Waals surface area (Å²) in [6.45, 7) is 2.25. The number of unbranched alkanes of at least 4 members (excludes halogenated alkanes) is 2. The zero-order valence-electron chi connectivity index (χ0n) is 15.2. The minimum Gasteiger partial charge on any atom is -0.300 e. The third-order valence-electron chi connectivity index (χ3n) is 5.18. The molecule has 1 fully saturated rings. The predicted octanol–water partition coefficient (Wildman–Crippen LogP) is 6.29. The van der Waals surface area contributed by atoms with Crippen molar-refractivity contribution in [2.24, 2.45) is 11.8 Å². The minimum atomic E-state index is 0.107.